The number of hydrogen-bond acceptors (Lipinski definition) is 5. The Hall–Kier alpha value is -1.66. The van der Waals surface area contributed by atoms with E-state index in [-0.39, 0.29) is 16.7 Å². The third-order valence-corrected chi connectivity index (χ3v) is 3.21. The lowest BCUT2D eigenvalue weighted by molar-refractivity contribution is -0.384. The van der Waals surface area contributed by atoms with Gasteiger partial charge in [0.1, 0.15) is 0 Å². The van der Waals surface area contributed by atoms with Gasteiger partial charge in [-0.25, -0.2) is 0 Å². The molecule has 1 atom stereocenters. The van der Waals surface area contributed by atoms with Gasteiger partial charge in [-0.3, -0.25) is 15.0 Å². The number of benzene rings is 1. The lowest BCUT2D eigenvalue weighted by Crippen LogP contribution is -2.22. The van der Waals surface area contributed by atoms with Gasteiger partial charge in [-0.05, 0) is 18.1 Å². The molecule has 2 rings (SSSR count). The smallest absolute Gasteiger partial charge is 0.269 e. The van der Waals surface area contributed by atoms with Crippen LogP contribution in [-0.4, -0.2) is 41.2 Å². The molecule has 1 aliphatic heterocycles. The van der Waals surface area contributed by atoms with E-state index >= 15 is 0 Å². The maximum atomic E-state index is 10.8. The maximum absolute atomic E-state index is 10.8. The van der Waals surface area contributed by atoms with Gasteiger partial charge in [0, 0.05) is 44.5 Å². The van der Waals surface area contributed by atoms with Crippen LogP contribution in [0.25, 0.3) is 0 Å². The van der Waals surface area contributed by atoms with Crippen LogP contribution in [0.5, 0.6) is 0 Å². The van der Waals surface area contributed by atoms with Crippen molar-refractivity contribution in [1.82, 2.24) is 4.90 Å². The van der Waals surface area contributed by atoms with Crippen LogP contribution in [0.2, 0.25) is 0 Å². The highest BCUT2D eigenvalue weighted by Gasteiger charge is 2.21. The van der Waals surface area contributed by atoms with Crippen LogP contribution in [0.1, 0.15) is 12.0 Å². The number of anilines is 1. The second-order valence-electron chi connectivity index (χ2n) is 4.53. The number of likely N-dealkylation sites (tertiary alicyclic amines) is 1. The molecule has 0 aliphatic carbocycles. The minimum absolute atomic E-state index is 0.101. The van der Waals surface area contributed by atoms with Gasteiger partial charge in [-0.2, -0.15) is 0 Å². The molecule has 18 heavy (non-hydrogen) atoms. The Balaban J connectivity index is 2.18. The summed E-state index contributed by atoms with van der Waals surface area (Å²) >= 11 is 0. The van der Waals surface area contributed by atoms with Crippen molar-refractivity contribution in [3.8, 4) is 0 Å². The van der Waals surface area contributed by atoms with E-state index in [2.05, 4.69) is 10.2 Å². The topological polar surface area (TPSA) is 78.6 Å². The highest BCUT2D eigenvalue weighted by atomic mass is 16.6. The lowest BCUT2D eigenvalue weighted by Gasteiger charge is -2.17. The Morgan fingerprint density at radius 3 is 2.94 bits per heavy atom. The van der Waals surface area contributed by atoms with Crippen LogP contribution < -0.4 is 5.32 Å². The van der Waals surface area contributed by atoms with E-state index in [1.54, 1.807) is 19.2 Å². The molecule has 1 aromatic rings. The molecule has 0 spiro atoms. The summed E-state index contributed by atoms with van der Waals surface area (Å²) in [4.78, 5) is 12.5. The number of rotatable bonds is 4. The number of nitrogens with zero attached hydrogens (tertiary/aromatic N) is 2. The summed E-state index contributed by atoms with van der Waals surface area (Å²) in [5, 5.41) is 23.3. The standard InChI is InChI=1S/C12H17N3O3/c1-13-12-3-2-10(15(17)18)6-9(12)7-14-5-4-11(16)8-14/h2-3,6,11,13,16H,4-5,7-8H2,1H3. The summed E-state index contributed by atoms with van der Waals surface area (Å²) in [7, 11) is 1.80. The molecule has 6 heteroatoms. The van der Waals surface area contributed by atoms with Crippen LogP contribution in [0, 0.1) is 10.1 Å². The number of nitrogens with one attached hydrogen (secondary N) is 1. The second kappa shape index (κ2) is 5.32. The van der Waals surface area contributed by atoms with Crippen molar-refractivity contribution < 1.29 is 10.0 Å². The molecule has 1 aliphatic rings. The Kier molecular flexibility index (Phi) is 3.78. The normalized spacial score (nSPS) is 20.0. The Morgan fingerprint density at radius 2 is 2.39 bits per heavy atom. The Morgan fingerprint density at radius 1 is 1.61 bits per heavy atom. The first-order valence-electron chi connectivity index (χ1n) is 5.95. The molecule has 98 valence electrons. The Labute approximate surface area is 105 Å². The number of nitro groups is 1. The molecule has 2 N–H and O–H groups in total. The van der Waals surface area contributed by atoms with Crippen molar-refractivity contribution >= 4 is 11.4 Å². The largest absolute Gasteiger partial charge is 0.392 e. The van der Waals surface area contributed by atoms with E-state index < -0.39 is 0 Å². The van der Waals surface area contributed by atoms with Gasteiger partial charge >= 0.3 is 0 Å². The summed E-state index contributed by atoms with van der Waals surface area (Å²) < 4.78 is 0. The Bertz CT molecular complexity index is 450. The van der Waals surface area contributed by atoms with Gasteiger partial charge in [0.2, 0.25) is 0 Å². The van der Waals surface area contributed by atoms with Crippen molar-refractivity contribution in [2.75, 3.05) is 25.5 Å². The van der Waals surface area contributed by atoms with E-state index in [9.17, 15) is 15.2 Å². The number of aliphatic hydroxyl groups excluding tert-OH is 1. The second-order valence-corrected chi connectivity index (χ2v) is 4.53. The van der Waals surface area contributed by atoms with E-state index in [0.717, 1.165) is 24.2 Å². The van der Waals surface area contributed by atoms with Crippen LogP contribution >= 0.6 is 0 Å². The predicted molar refractivity (Wildman–Crippen MR) is 68.5 cm³/mol. The number of β-amino-alcohol motifs (C(OH)–C–C–N with tert-alkyl or cyclic N) is 1. The van der Waals surface area contributed by atoms with E-state index in [1.807, 2.05) is 0 Å². The molecular weight excluding hydrogens is 234 g/mol. The molecule has 0 amide bonds. The molecule has 1 aromatic carbocycles. The first kappa shape index (κ1) is 12.8. The van der Waals surface area contributed by atoms with Crippen molar-refractivity contribution in [1.29, 1.82) is 0 Å². The first-order chi connectivity index (χ1) is 8.60. The minimum atomic E-state index is -0.387. The van der Waals surface area contributed by atoms with Crippen molar-refractivity contribution in [3.05, 3.63) is 33.9 Å². The van der Waals surface area contributed by atoms with Gasteiger partial charge in [0.25, 0.3) is 5.69 Å². The number of non-ortho nitro benzene ring substituents is 1. The van der Waals surface area contributed by atoms with Crippen LogP contribution in [0.3, 0.4) is 0 Å². The average Bonchev–Trinajstić information content (AvgIpc) is 2.74. The summed E-state index contributed by atoms with van der Waals surface area (Å²) in [5.41, 5.74) is 1.88. The molecule has 1 fully saturated rings. The van der Waals surface area contributed by atoms with Gasteiger partial charge in [-0.15, -0.1) is 0 Å². The maximum Gasteiger partial charge on any atom is 0.269 e. The predicted octanol–water partition coefficient (Wildman–Crippen LogP) is 1.20. The molecule has 1 heterocycles. The van der Waals surface area contributed by atoms with Crippen molar-refractivity contribution in [2.45, 2.75) is 19.1 Å². The highest BCUT2D eigenvalue weighted by molar-refractivity contribution is 5.55. The van der Waals surface area contributed by atoms with E-state index in [0.29, 0.717) is 13.1 Å². The van der Waals surface area contributed by atoms with Crippen LogP contribution in [0.4, 0.5) is 11.4 Å². The van der Waals surface area contributed by atoms with Gasteiger partial charge in [-0.1, -0.05) is 0 Å². The molecule has 1 unspecified atom stereocenters. The summed E-state index contributed by atoms with van der Waals surface area (Å²) in [6, 6.07) is 4.81. The number of aliphatic hydroxyl groups is 1. The summed E-state index contributed by atoms with van der Waals surface area (Å²) in [6.07, 6.45) is 0.491. The lowest BCUT2D eigenvalue weighted by atomic mass is 10.1. The molecule has 1 saturated heterocycles. The SMILES string of the molecule is CNc1ccc([N+](=O)[O-])cc1CN1CCC(O)C1. The molecule has 0 saturated carbocycles. The third kappa shape index (κ3) is 2.77. The monoisotopic (exact) mass is 251 g/mol. The number of hydrogen-bond donors (Lipinski definition) is 2. The molecule has 0 bridgehead atoms. The summed E-state index contributed by atoms with van der Waals surface area (Å²) in [6.45, 7) is 2.08. The summed E-state index contributed by atoms with van der Waals surface area (Å²) in [5.74, 6) is 0. The van der Waals surface area contributed by atoms with Crippen LogP contribution in [-0.2, 0) is 6.54 Å². The molecule has 0 radical (unpaired) electrons. The molecular formula is C12H17N3O3. The van der Waals surface area contributed by atoms with E-state index in [1.165, 1.54) is 6.07 Å². The van der Waals surface area contributed by atoms with Gasteiger partial charge < -0.3 is 10.4 Å². The quantitative estimate of drug-likeness (QED) is 0.621. The fourth-order valence-electron chi connectivity index (χ4n) is 2.27. The zero-order chi connectivity index (χ0) is 13.1. The van der Waals surface area contributed by atoms with Crippen molar-refractivity contribution in [3.63, 3.8) is 0 Å². The van der Waals surface area contributed by atoms with Gasteiger partial charge in [0.05, 0.1) is 11.0 Å². The van der Waals surface area contributed by atoms with Gasteiger partial charge in [0.15, 0.2) is 0 Å². The zero-order valence-electron chi connectivity index (χ0n) is 10.3. The third-order valence-electron chi connectivity index (χ3n) is 3.21. The molecule has 0 aromatic heterocycles. The zero-order valence-corrected chi connectivity index (χ0v) is 10.3. The fourth-order valence-corrected chi connectivity index (χ4v) is 2.27. The minimum Gasteiger partial charge on any atom is -0.392 e. The van der Waals surface area contributed by atoms with E-state index in [4.69, 9.17) is 0 Å². The average molecular weight is 251 g/mol. The van der Waals surface area contributed by atoms with Crippen LogP contribution in [0.15, 0.2) is 18.2 Å². The fraction of sp³-hybridized carbons (Fsp3) is 0.500. The first-order valence-corrected chi connectivity index (χ1v) is 5.95. The number of nitro benzene ring substituents is 1. The van der Waals surface area contributed by atoms with Crippen molar-refractivity contribution in [2.24, 2.45) is 0 Å². The highest BCUT2D eigenvalue weighted by Crippen LogP contribution is 2.24. The molecule has 6 nitrogen and oxygen atoms in total.